The van der Waals surface area contributed by atoms with Crippen LogP contribution in [-0.4, -0.2) is 48.8 Å². The molecule has 0 unspecified atom stereocenters. The Hall–Kier alpha value is -1.59. The molecule has 118 valence electrons. The van der Waals surface area contributed by atoms with Gasteiger partial charge in [0, 0.05) is 32.2 Å². The van der Waals surface area contributed by atoms with Crippen molar-refractivity contribution in [1.29, 1.82) is 0 Å². The number of anilines is 1. The molecule has 0 radical (unpaired) electrons. The second-order valence-corrected chi connectivity index (χ2v) is 6.62. The van der Waals surface area contributed by atoms with Crippen molar-refractivity contribution in [3.05, 3.63) is 24.3 Å². The molecule has 2 aromatic rings. The van der Waals surface area contributed by atoms with Crippen LogP contribution >= 0.6 is 0 Å². The van der Waals surface area contributed by atoms with Gasteiger partial charge in [0.15, 0.2) is 11.4 Å². The lowest BCUT2D eigenvalue weighted by molar-refractivity contribution is 0.0928. The second-order valence-electron chi connectivity index (χ2n) is 6.62. The number of fused-ring (bicyclic) bond motifs is 2. The lowest BCUT2D eigenvalue weighted by Gasteiger charge is -2.46. The number of rotatable bonds is 3. The Balaban J connectivity index is 1.49. The number of hydrogen-bond acceptors (Lipinski definition) is 5. The summed E-state index contributed by atoms with van der Waals surface area (Å²) in [7, 11) is 0. The number of nitrogens with two attached hydrogens (primary N) is 1. The zero-order valence-corrected chi connectivity index (χ0v) is 12.9. The summed E-state index contributed by atoms with van der Waals surface area (Å²) in [6.07, 6.45) is 3.75. The standard InChI is InChI=1S/C17H24N4O/c18-8-7-13-5-6-14-12-21(10-9-20(14)11-13)17-15-3-1-2-4-16(15)22-19-17/h1-4,13-14H,5-12,18H2/t13-,14-/m0/s1. The van der Waals surface area contributed by atoms with Gasteiger partial charge < -0.3 is 15.2 Å². The maximum atomic E-state index is 5.72. The van der Waals surface area contributed by atoms with Crippen molar-refractivity contribution in [3.8, 4) is 0 Å². The van der Waals surface area contributed by atoms with Gasteiger partial charge in [-0.3, -0.25) is 4.90 Å². The van der Waals surface area contributed by atoms with Crippen molar-refractivity contribution in [3.63, 3.8) is 0 Å². The van der Waals surface area contributed by atoms with E-state index in [4.69, 9.17) is 10.3 Å². The molecule has 0 saturated carbocycles. The minimum absolute atomic E-state index is 0.651. The van der Waals surface area contributed by atoms with E-state index in [0.717, 1.165) is 48.9 Å². The summed E-state index contributed by atoms with van der Waals surface area (Å²) < 4.78 is 5.47. The van der Waals surface area contributed by atoms with Crippen LogP contribution in [0.2, 0.25) is 0 Å². The summed E-state index contributed by atoms with van der Waals surface area (Å²) in [4.78, 5) is 5.05. The van der Waals surface area contributed by atoms with Crippen molar-refractivity contribution >= 4 is 16.8 Å². The molecule has 3 heterocycles. The molecule has 22 heavy (non-hydrogen) atoms. The molecule has 0 bridgehead atoms. The molecule has 2 aliphatic rings. The molecule has 1 aromatic carbocycles. The van der Waals surface area contributed by atoms with Gasteiger partial charge in [-0.15, -0.1) is 0 Å². The molecule has 1 aromatic heterocycles. The molecule has 5 nitrogen and oxygen atoms in total. The van der Waals surface area contributed by atoms with Gasteiger partial charge >= 0.3 is 0 Å². The summed E-state index contributed by atoms with van der Waals surface area (Å²) in [5, 5.41) is 5.45. The van der Waals surface area contributed by atoms with Gasteiger partial charge in [-0.25, -0.2) is 0 Å². The highest BCUT2D eigenvalue weighted by atomic mass is 16.5. The zero-order chi connectivity index (χ0) is 14.9. The van der Waals surface area contributed by atoms with Crippen LogP contribution in [0.1, 0.15) is 19.3 Å². The molecule has 0 amide bonds. The van der Waals surface area contributed by atoms with Gasteiger partial charge in [-0.2, -0.15) is 0 Å². The predicted molar refractivity (Wildman–Crippen MR) is 88.0 cm³/mol. The van der Waals surface area contributed by atoms with Crippen LogP contribution in [-0.2, 0) is 0 Å². The summed E-state index contributed by atoms with van der Waals surface area (Å²) in [6, 6.07) is 8.79. The van der Waals surface area contributed by atoms with E-state index < -0.39 is 0 Å². The SMILES string of the molecule is NCC[C@@H]1CC[C@H]2CN(c3noc4ccccc34)CCN2C1. The highest BCUT2D eigenvalue weighted by Gasteiger charge is 2.33. The van der Waals surface area contributed by atoms with Crippen molar-refractivity contribution < 1.29 is 4.52 Å². The number of hydrogen-bond donors (Lipinski definition) is 1. The quantitative estimate of drug-likeness (QED) is 0.940. The van der Waals surface area contributed by atoms with Crippen LogP contribution in [0.3, 0.4) is 0 Å². The minimum atomic E-state index is 0.651. The average Bonchev–Trinajstić information content (AvgIpc) is 2.99. The van der Waals surface area contributed by atoms with Crippen LogP contribution in [0.15, 0.2) is 28.8 Å². The van der Waals surface area contributed by atoms with E-state index in [1.54, 1.807) is 0 Å². The third-order valence-electron chi connectivity index (χ3n) is 5.24. The Morgan fingerprint density at radius 3 is 3.00 bits per heavy atom. The summed E-state index contributed by atoms with van der Waals surface area (Å²) in [6.45, 7) is 5.25. The number of nitrogens with zero attached hydrogens (tertiary/aromatic N) is 3. The van der Waals surface area contributed by atoms with E-state index in [1.807, 2.05) is 12.1 Å². The Morgan fingerprint density at radius 1 is 1.18 bits per heavy atom. The number of para-hydroxylation sites is 1. The molecular weight excluding hydrogens is 276 g/mol. The van der Waals surface area contributed by atoms with Crippen LogP contribution in [0.25, 0.3) is 11.0 Å². The molecule has 4 rings (SSSR count). The van der Waals surface area contributed by atoms with Gasteiger partial charge in [0.05, 0.1) is 5.39 Å². The monoisotopic (exact) mass is 300 g/mol. The first-order valence-corrected chi connectivity index (χ1v) is 8.38. The number of piperazine rings is 1. The number of aromatic nitrogens is 1. The van der Waals surface area contributed by atoms with Crippen molar-refractivity contribution in [2.24, 2.45) is 11.7 Å². The molecule has 5 heteroatoms. The predicted octanol–water partition coefficient (Wildman–Crippen LogP) is 2.08. The first-order chi connectivity index (χ1) is 10.8. The Kier molecular flexibility index (Phi) is 3.76. The van der Waals surface area contributed by atoms with Crippen LogP contribution < -0.4 is 10.6 Å². The normalized spacial score (nSPS) is 26.3. The Labute approximate surface area is 131 Å². The molecule has 0 aliphatic carbocycles. The van der Waals surface area contributed by atoms with Crippen molar-refractivity contribution in [1.82, 2.24) is 10.1 Å². The van der Waals surface area contributed by atoms with Gasteiger partial charge in [-0.1, -0.05) is 17.3 Å². The molecule has 2 aliphatic heterocycles. The highest BCUT2D eigenvalue weighted by Crippen LogP contribution is 2.31. The zero-order valence-electron chi connectivity index (χ0n) is 12.9. The largest absolute Gasteiger partial charge is 0.354 e. The lowest BCUT2D eigenvalue weighted by atomic mass is 9.89. The molecule has 2 saturated heterocycles. The summed E-state index contributed by atoms with van der Waals surface area (Å²) >= 11 is 0. The smallest absolute Gasteiger partial charge is 0.180 e. The van der Waals surface area contributed by atoms with Gasteiger partial charge in [-0.05, 0) is 43.9 Å². The van der Waals surface area contributed by atoms with Crippen LogP contribution in [0.4, 0.5) is 5.82 Å². The van der Waals surface area contributed by atoms with E-state index in [1.165, 1.54) is 25.8 Å². The fourth-order valence-corrected chi connectivity index (χ4v) is 4.02. The van der Waals surface area contributed by atoms with Gasteiger partial charge in [0.25, 0.3) is 0 Å². The number of benzene rings is 1. The van der Waals surface area contributed by atoms with E-state index >= 15 is 0 Å². The highest BCUT2D eigenvalue weighted by molar-refractivity contribution is 5.88. The molecular formula is C17H24N4O. The maximum Gasteiger partial charge on any atom is 0.180 e. The van der Waals surface area contributed by atoms with Crippen LogP contribution in [0, 0.1) is 5.92 Å². The van der Waals surface area contributed by atoms with E-state index in [-0.39, 0.29) is 0 Å². The summed E-state index contributed by atoms with van der Waals surface area (Å²) in [5.74, 6) is 1.81. The Bertz CT molecular complexity index is 640. The minimum Gasteiger partial charge on any atom is -0.354 e. The third kappa shape index (κ3) is 2.48. The van der Waals surface area contributed by atoms with E-state index in [9.17, 15) is 0 Å². The summed E-state index contributed by atoms with van der Waals surface area (Å²) in [5.41, 5.74) is 6.60. The molecule has 2 fully saturated rings. The van der Waals surface area contributed by atoms with Gasteiger partial charge in [0.2, 0.25) is 0 Å². The third-order valence-corrected chi connectivity index (χ3v) is 5.24. The molecule has 2 N–H and O–H groups in total. The second kappa shape index (κ2) is 5.89. The first kappa shape index (κ1) is 14.0. The topological polar surface area (TPSA) is 58.5 Å². The van der Waals surface area contributed by atoms with Crippen molar-refractivity contribution in [2.45, 2.75) is 25.3 Å². The average molecular weight is 300 g/mol. The van der Waals surface area contributed by atoms with E-state index in [2.05, 4.69) is 27.1 Å². The lowest BCUT2D eigenvalue weighted by Crippen LogP contribution is -2.56. The van der Waals surface area contributed by atoms with Crippen LogP contribution in [0.5, 0.6) is 0 Å². The fraction of sp³-hybridized carbons (Fsp3) is 0.588. The molecule has 2 atom stereocenters. The van der Waals surface area contributed by atoms with Crippen molar-refractivity contribution in [2.75, 3.05) is 37.6 Å². The van der Waals surface area contributed by atoms with E-state index in [0.29, 0.717) is 6.04 Å². The fourth-order valence-electron chi connectivity index (χ4n) is 4.02. The first-order valence-electron chi connectivity index (χ1n) is 8.38. The maximum absolute atomic E-state index is 5.72. The number of piperidine rings is 1. The van der Waals surface area contributed by atoms with Gasteiger partial charge in [0.1, 0.15) is 0 Å². The Morgan fingerprint density at radius 2 is 2.09 bits per heavy atom. The molecule has 0 spiro atoms.